The van der Waals surface area contributed by atoms with Crippen molar-refractivity contribution in [1.29, 1.82) is 0 Å². The van der Waals surface area contributed by atoms with Crippen LogP contribution in [0.25, 0.3) is 11.0 Å². The van der Waals surface area contributed by atoms with Gasteiger partial charge < -0.3 is 24.7 Å². The van der Waals surface area contributed by atoms with Crippen LogP contribution >= 0.6 is 0 Å². The van der Waals surface area contributed by atoms with Crippen LogP contribution in [-0.2, 0) is 27.2 Å². The van der Waals surface area contributed by atoms with Gasteiger partial charge in [0, 0.05) is 25.6 Å². The monoisotopic (exact) mass is 466 g/mol. The normalized spacial score (nSPS) is 11.9. The van der Waals surface area contributed by atoms with Gasteiger partial charge in [-0.3, -0.25) is 4.79 Å². The van der Waals surface area contributed by atoms with Gasteiger partial charge in [0.05, 0.1) is 24.7 Å². The van der Waals surface area contributed by atoms with Crippen LogP contribution < -0.4 is 10.6 Å². The standard InChI is InChI=1S/C26H34N4O4/c1-5-18(2)15-27-20-14-21-23(29-22(31)17-33-3)24(26(32)34-4)30(25(21)28-16-20)13-9-12-19-10-7-6-8-11-19/h6-8,10-11,14,16,18,27H,5,9,12-13,15,17H2,1-4H3,(H,29,31)/t18-/m0/s1. The summed E-state index contributed by atoms with van der Waals surface area (Å²) in [6, 6.07) is 12.1. The average molecular weight is 467 g/mol. The molecular formula is C26H34N4O4. The first kappa shape index (κ1) is 25.2. The molecule has 0 saturated carbocycles. The highest BCUT2D eigenvalue weighted by molar-refractivity contribution is 6.11. The van der Waals surface area contributed by atoms with E-state index >= 15 is 0 Å². The summed E-state index contributed by atoms with van der Waals surface area (Å²) in [4.78, 5) is 30.0. The Labute approximate surface area is 200 Å². The Morgan fingerprint density at radius 1 is 1.18 bits per heavy atom. The van der Waals surface area contributed by atoms with E-state index in [-0.39, 0.29) is 18.2 Å². The molecule has 8 heteroatoms. The molecule has 1 amide bonds. The third-order valence-electron chi connectivity index (χ3n) is 5.86. The van der Waals surface area contributed by atoms with Gasteiger partial charge in [0.25, 0.3) is 0 Å². The number of hydrogen-bond acceptors (Lipinski definition) is 6. The van der Waals surface area contributed by atoms with E-state index in [9.17, 15) is 9.59 Å². The fraction of sp³-hybridized carbons (Fsp3) is 0.423. The van der Waals surface area contributed by atoms with Gasteiger partial charge in [0.1, 0.15) is 12.3 Å². The van der Waals surface area contributed by atoms with E-state index in [0.717, 1.165) is 31.5 Å². The van der Waals surface area contributed by atoms with Crippen LogP contribution in [0, 0.1) is 5.92 Å². The third-order valence-corrected chi connectivity index (χ3v) is 5.86. The van der Waals surface area contributed by atoms with Crippen molar-refractivity contribution in [3.05, 3.63) is 53.9 Å². The molecule has 182 valence electrons. The molecule has 0 aliphatic rings. The Morgan fingerprint density at radius 3 is 2.62 bits per heavy atom. The highest BCUT2D eigenvalue weighted by atomic mass is 16.5. The van der Waals surface area contributed by atoms with E-state index in [2.05, 4.69) is 41.6 Å². The summed E-state index contributed by atoms with van der Waals surface area (Å²) in [6.45, 7) is 5.54. The van der Waals surface area contributed by atoms with Crippen molar-refractivity contribution in [2.24, 2.45) is 5.92 Å². The molecule has 0 bridgehead atoms. The zero-order valence-corrected chi connectivity index (χ0v) is 20.4. The van der Waals surface area contributed by atoms with Crippen molar-refractivity contribution < 1.29 is 19.1 Å². The molecule has 1 atom stereocenters. The van der Waals surface area contributed by atoms with E-state index in [1.54, 1.807) is 6.20 Å². The number of anilines is 2. The molecule has 0 aliphatic carbocycles. The predicted molar refractivity (Wildman–Crippen MR) is 134 cm³/mol. The number of aryl methyl sites for hydroxylation is 2. The highest BCUT2D eigenvalue weighted by Gasteiger charge is 2.26. The maximum Gasteiger partial charge on any atom is 0.356 e. The number of methoxy groups -OCH3 is 2. The number of nitrogens with one attached hydrogen (secondary N) is 2. The number of aromatic nitrogens is 2. The van der Waals surface area contributed by atoms with Gasteiger partial charge in [-0.15, -0.1) is 0 Å². The topological polar surface area (TPSA) is 94.5 Å². The number of esters is 1. The molecule has 0 unspecified atom stereocenters. The molecule has 0 saturated heterocycles. The van der Waals surface area contributed by atoms with Crippen LogP contribution in [0.3, 0.4) is 0 Å². The minimum absolute atomic E-state index is 0.124. The summed E-state index contributed by atoms with van der Waals surface area (Å²) in [5.41, 5.74) is 3.34. The van der Waals surface area contributed by atoms with Crippen molar-refractivity contribution in [2.75, 3.05) is 38.0 Å². The summed E-state index contributed by atoms with van der Waals surface area (Å²) in [7, 11) is 2.79. The summed E-state index contributed by atoms with van der Waals surface area (Å²) in [6.07, 6.45) is 4.46. The summed E-state index contributed by atoms with van der Waals surface area (Å²) in [5.74, 6) is -0.377. The summed E-state index contributed by atoms with van der Waals surface area (Å²) in [5, 5.41) is 6.93. The molecule has 2 aromatic heterocycles. The van der Waals surface area contributed by atoms with Gasteiger partial charge in [-0.2, -0.15) is 0 Å². The lowest BCUT2D eigenvalue weighted by Crippen LogP contribution is -2.20. The average Bonchev–Trinajstić information content (AvgIpc) is 3.15. The third kappa shape index (κ3) is 6.14. The molecular weight excluding hydrogens is 432 g/mol. The lowest BCUT2D eigenvalue weighted by atomic mass is 10.1. The van der Waals surface area contributed by atoms with Gasteiger partial charge in [-0.25, -0.2) is 9.78 Å². The van der Waals surface area contributed by atoms with Crippen LogP contribution in [0.2, 0.25) is 0 Å². The SMILES string of the molecule is CC[C@H](C)CNc1cnc2c(c1)c(NC(=O)COC)c(C(=O)OC)n2CCCc1ccccc1. The lowest BCUT2D eigenvalue weighted by Gasteiger charge is -2.11. The minimum atomic E-state index is -0.528. The van der Waals surface area contributed by atoms with Gasteiger partial charge in [0.15, 0.2) is 5.69 Å². The van der Waals surface area contributed by atoms with Crippen LogP contribution in [0.15, 0.2) is 42.6 Å². The van der Waals surface area contributed by atoms with E-state index < -0.39 is 5.97 Å². The van der Waals surface area contributed by atoms with Crippen molar-refractivity contribution in [3.63, 3.8) is 0 Å². The maximum atomic E-state index is 12.9. The molecule has 0 spiro atoms. The molecule has 0 fully saturated rings. The van der Waals surface area contributed by atoms with E-state index in [0.29, 0.717) is 29.2 Å². The molecule has 3 aromatic rings. The van der Waals surface area contributed by atoms with Crippen molar-refractivity contribution in [3.8, 4) is 0 Å². The van der Waals surface area contributed by atoms with Crippen molar-refractivity contribution in [1.82, 2.24) is 9.55 Å². The number of carbonyl (C=O) groups is 2. The van der Waals surface area contributed by atoms with Gasteiger partial charge in [-0.1, -0.05) is 50.6 Å². The zero-order valence-electron chi connectivity index (χ0n) is 20.4. The first-order chi connectivity index (χ1) is 16.5. The number of amides is 1. The number of rotatable bonds is 12. The first-order valence-electron chi connectivity index (χ1n) is 11.7. The van der Waals surface area contributed by atoms with Gasteiger partial charge >= 0.3 is 5.97 Å². The number of nitrogens with zero attached hydrogens (tertiary/aromatic N) is 2. The Kier molecular flexibility index (Phi) is 9.04. The molecule has 34 heavy (non-hydrogen) atoms. The molecule has 8 nitrogen and oxygen atoms in total. The van der Waals surface area contributed by atoms with Gasteiger partial charge in [0.2, 0.25) is 5.91 Å². The fourth-order valence-electron chi connectivity index (χ4n) is 3.80. The zero-order chi connectivity index (χ0) is 24.5. The Morgan fingerprint density at radius 2 is 1.94 bits per heavy atom. The van der Waals surface area contributed by atoms with Crippen molar-refractivity contribution in [2.45, 2.75) is 39.7 Å². The Hall–Kier alpha value is -3.39. The molecule has 2 N–H and O–H groups in total. The molecule has 0 aliphatic heterocycles. The second-order valence-corrected chi connectivity index (χ2v) is 8.43. The first-order valence-corrected chi connectivity index (χ1v) is 11.7. The highest BCUT2D eigenvalue weighted by Crippen LogP contribution is 2.33. The Bertz CT molecular complexity index is 1110. The van der Waals surface area contributed by atoms with Crippen LogP contribution in [0.5, 0.6) is 0 Å². The molecule has 1 aromatic carbocycles. The number of pyridine rings is 1. The number of benzene rings is 1. The fourth-order valence-corrected chi connectivity index (χ4v) is 3.80. The smallest absolute Gasteiger partial charge is 0.356 e. The van der Waals surface area contributed by atoms with Crippen LogP contribution in [-0.4, -0.2) is 48.8 Å². The maximum absolute atomic E-state index is 12.9. The molecule has 3 rings (SSSR count). The summed E-state index contributed by atoms with van der Waals surface area (Å²) >= 11 is 0. The predicted octanol–water partition coefficient (Wildman–Crippen LogP) is 4.50. The quantitative estimate of drug-likeness (QED) is 0.382. The van der Waals surface area contributed by atoms with E-state index in [1.807, 2.05) is 28.8 Å². The molecule has 0 radical (unpaired) electrons. The number of carbonyl (C=O) groups excluding carboxylic acids is 2. The lowest BCUT2D eigenvalue weighted by molar-refractivity contribution is -0.119. The minimum Gasteiger partial charge on any atom is -0.464 e. The largest absolute Gasteiger partial charge is 0.464 e. The van der Waals surface area contributed by atoms with E-state index in [4.69, 9.17) is 9.47 Å². The van der Waals surface area contributed by atoms with E-state index in [1.165, 1.54) is 19.8 Å². The Balaban J connectivity index is 2.02. The van der Waals surface area contributed by atoms with Crippen molar-refractivity contribution >= 4 is 34.3 Å². The van der Waals surface area contributed by atoms with Crippen LogP contribution in [0.4, 0.5) is 11.4 Å². The second kappa shape index (κ2) is 12.2. The van der Waals surface area contributed by atoms with Gasteiger partial charge in [-0.05, 0) is 30.4 Å². The number of ether oxygens (including phenoxy) is 2. The number of hydrogen-bond donors (Lipinski definition) is 2. The molecule has 2 heterocycles. The van der Waals surface area contributed by atoms with Crippen LogP contribution in [0.1, 0.15) is 42.7 Å². The second-order valence-electron chi connectivity index (χ2n) is 8.43. The summed E-state index contributed by atoms with van der Waals surface area (Å²) < 4.78 is 11.9. The number of fused-ring (bicyclic) bond motifs is 1.